The van der Waals surface area contributed by atoms with Crippen LogP contribution in [-0.2, 0) is 0 Å². The molecule has 0 aliphatic rings. The fourth-order valence-electron chi connectivity index (χ4n) is 1.47. The summed E-state index contributed by atoms with van der Waals surface area (Å²) in [7, 11) is 0. The van der Waals surface area contributed by atoms with E-state index in [9.17, 15) is 0 Å². The molecule has 0 saturated carbocycles. The Morgan fingerprint density at radius 2 is 1.95 bits per heavy atom. The van der Waals surface area contributed by atoms with Gasteiger partial charge in [0.15, 0.2) is 5.16 Å². The van der Waals surface area contributed by atoms with Crippen LogP contribution in [0.5, 0.6) is 5.75 Å². The lowest BCUT2D eigenvalue weighted by molar-refractivity contribution is 0.352. The first-order chi connectivity index (χ1) is 9.54. The predicted molar refractivity (Wildman–Crippen MR) is 82.4 cm³/mol. The van der Waals surface area contributed by atoms with Crippen LogP contribution < -0.4 is 4.74 Å². The summed E-state index contributed by atoms with van der Waals surface area (Å²) in [5.74, 6) is 0.846. The number of hydrogen-bond donors (Lipinski definition) is 0. The number of rotatable bonds is 5. The van der Waals surface area contributed by atoms with E-state index >= 15 is 0 Å². The number of aromatic nitrogens is 2. The van der Waals surface area contributed by atoms with Crippen molar-refractivity contribution < 1.29 is 4.74 Å². The molecule has 0 spiro atoms. The zero-order valence-electron chi connectivity index (χ0n) is 12.0. The zero-order chi connectivity index (χ0) is 14.5. The molecule has 0 aliphatic carbocycles. The van der Waals surface area contributed by atoms with Gasteiger partial charge >= 0.3 is 0 Å². The third kappa shape index (κ3) is 4.10. The minimum absolute atomic E-state index is 0.548. The second-order valence-electron chi connectivity index (χ2n) is 4.74. The molecule has 0 unspecified atom stereocenters. The number of hydrogen-bond acceptors (Lipinski definition) is 4. The Morgan fingerprint density at radius 1 is 1.25 bits per heavy atom. The fourth-order valence-corrected chi connectivity index (χ4v) is 2.24. The molecule has 2 aromatic rings. The molecule has 1 aromatic carbocycles. The third-order valence-electron chi connectivity index (χ3n) is 2.72. The highest BCUT2D eigenvalue weighted by molar-refractivity contribution is 7.99. The SMILES string of the molecule is C=C(C)COc1ccc(Sc2ncc(C)c(C)n2)cc1. The molecule has 0 saturated heterocycles. The van der Waals surface area contributed by atoms with Crippen molar-refractivity contribution >= 4 is 11.8 Å². The van der Waals surface area contributed by atoms with E-state index in [-0.39, 0.29) is 0 Å². The maximum absolute atomic E-state index is 5.57. The quantitative estimate of drug-likeness (QED) is 0.609. The van der Waals surface area contributed by atoms with Gasteiger partial charge in [-0.3, -0.25) is 0 Å². The van der Waals surface area contributed by atoms with Gasteiger partial charge in [0.1, 0.15) is 12.4 Å². The number of nitrogens with zero attached hydrogens (tertiary/aromatic N) is 2. The van der Waals surface area contributed by atoms with Crippen LogP contribution in [0.3, 0.4) is 0 Å². The Balaban J connectivity index is 2.02. The Morgan fingerprint density at radius 3 is 2.55 bits per heavy atom. The summed E-state index contributed by atoms with van der Waals surface area (Å²) in [6, 6.07) is 7.92. The summed E-state index contributed by atoms with van der Waals surface area (Å²) in [5.41, 5.74) is 3.13. The summed E-state index contributed by atoms with van der Waals surface area (Å²) in [5, 5.41) is 0.767. The molecule has 20 heavy (non-hydrogen) atoms. The average Bonchev–Trinajstić information content (AvgIpc) is 2.42. The van der Waals surface area contributed by atoms with Gasteiger partial charge in [0.2, 0.25) is 0 Å². The van der Waals surface area contributed by atoms with E-state index in [1.54, 1.807) is 11.8 Å². The van der Waals surface area contributed by atoms with Gasteiger partial charge in [-0.15, -0.1) is 0 Å². The van der Waals surface area contributed by atoms with Crippen molar-refractivity contribution in [3.63, 3.8) is 0 Å². The molecule has 3 nitrogen and oxygen atoms in total. The van der Waals surface area contributed by atoms with E-state index in [2.05, 4.69) is 16.5 Å². The molecule has 0 radical (unpaired) electrons. The van der Waals surface area contributed by atoms with Gasteiger partial charge < -0.3 is 4.74 Å². The van der Waals surface area contributed by atoms with Gasteiger partial charge in [-0.2, -0.15) is 0 Å². The molecule has 1 heterocycles. The highest BCUT2D eigenvalue weighted by atomic mass is 32.2. The highest BCUT2D eigenvalue weighted by Crippen LogP contribution is 2.26. The first kappa shape index (κ1) is 14.6. The van der Waals surface area contributed by atoms with Crippen LogP contribution in [0.4, 0.5) is 0 Å². The van der Waals surface area contributed by atoms with Gasteiger partial charge in [0.05, 0.1) is 0 Å². The summed E-state index contributed by atoms with van der Waals surface area (Å²) < 4.78 is 5.57. The average molecular weight is 286 g/mol. The van der Waals surface area contributed by atoms with E-state index < -0.39 is 0 Å². The molecule has 104 valence electrons. The monoisotopic (exact) mass is 286 g/mol. The predicted octanol–water partition coefficient (Wildman–Crippen LogP) is 4.20. The van der Waals surface area contributed by atoms with Gasteiger partial charge in [0.25, 0.3) is 0 Å². The molecule has 0 fully saturated rings. The van der Waals surface area contributed by atoms with Gasteiger partial charge in [0, 0.05) is 16.8 Å². The Kier molecular flexibility index (Phi) is 4.79. The smallest absolute Gasteiger partial charge is 0.192 e. The van der Waals surface area contributed by atoms with Crippen molar-refractivity contribution in [2.75, 3.05) is 6.61 Å². The first-order valence-corrected chi connectivity index (χ1v) is 7.21. The molecule has 0 atom stereocenters. The van der Waals surface area contributed by atoms with Gasteiger partial charge in [-0.25, -0.2) is 9.97 Å². The maximum atomic E-state index is 5.57. The number of benzene rings is 1. The lowest BCUT2D eigenvalue weighted by atomic mass is 10.3. The van der Waals surface area contributed by atoms with Crippen LogP contribution in [0, 0.1) is 13.8 Å². The zero-order valence-corrected chi connectivity index (χ0v) is 12.8. The van der Waals surface area contributed by atoms with E-state index in [1.165, 1.54) is 0 Å². The molecule has 4 heteroatoms. The molecule has 0 bridgehead atoms. The molecule has 0 amide bonds. The lowest BCUT2D eigenvalue weighted by Gasteiger charge is -2.07. The Hall–Kier alpha value is -1.81. The van der Waals surface area contributed by atoms with Crippen molar-refractivity contribution in [3.8, 4) is 5.75 Å². The number of aryl methyl sites for hydroxylation is 2. The fraction of sp³-hybridized carbons (Fsp3) is 0.250. The molecule has 0 aliphatic heterocycles. The van der Waals surface area contributed by atoms with E-state index in [0.29, 0.717) is 6.61 Å². The molecule has 1 aromatic heterocycles. The van der Waals surface area contributed by atoms with Crippen molar-refractivity contribution in [1.82, 2.24) is 9.97 Å². The van der Waals surface area contributed by atoms with Gasteiger partial charge in [-0.05, 0) is 67.9 Å². The minimum Gasteiger partial charge on any atom is -0.489 e. The Bertz CT molecular complexity index is 608. The van der Waals surface area contributed by atoms with E-state index in [4.69, 9.17) is 4.74 Å². The van der Waals surface area contributed by atoms with Crippen molar-refractivity contribution in [2.24, 2.45) is 0 Å². The van der Waals surface area contributed by atoms with Gasteiger partial charge in [-0.1, -0.05) is 6.58 Å². The lowest BCUT2D eigenvalue weighted by Crippen LogP contribution is -1.97. The van der Waals surface area contributed by atoms with Crippen LogP contribution in [0.15, 0.2) is 52.7 Å². The standard InChI is InChI=1S/C16H18N2OS/c1-11(2)10-19-14-5-7-15(8-6-14)20-16-17-9-12(3)13(4)18-16/h5-9H,1,10H2,2-4H3. The minimum atomic E-state index is 0.548. The van der Waals surface area contributed by atoms with Crippen LogP contribution >= 0.6 is 11.8 Å². The van der Waals surface area contributed by atoms with Crippen molar-refractivity contribution in [1.29, 1.82) is 0 Å². The summed E-state index contributed by atoms with van der Waals surface area (Å²) in [6.07, 6.45) is 1.86. The molecule has 2 rings (SSSR count). The second-order valence-corrected chi connectivity index (χ2v) is 5.78. The topological polar surface area (TPSA) is 35.0 Å². The van der Waals surface area contributed by atoms with Crippen molar-refractivity contribution in [2.45, 2.75) is 30.8 Å². The highest BCUT2D eigenvalue weighted by Gasteiger charge is 2.03. The van der Waals surface area contributed by atoms with Crippen LogP contribution in [0.2, 0.25) is 0 Å². The van der Waals surface area contributed by atoms with E-state index in [1.807, 2.05) is 51.2 Å². The number of ether oxygens (including phenoxy) is 1. The maximum Gasteiger partial charge on any atom is 0.192 e. The third-order valence-corrected chi connectivity index (χ3v) is 3.61. The molecule has 0 N–H and O–H groups in total. The van der Waals surface area contributed by atoms with Crippen LogP contribution in [0.25, 0.3) is 0 Å². The molecular formula is C16H18N2OS. The normalized spacial score (nSPS) is 10.3. The summed E-state index contributed by atoms with van der Waals surface area (Å²) in [6.45, 7) is 10.3. The van der Waals surface area contributed by atoms with Crippen LogP contribution in [-0.4, -0.2) is 16.6 Å². The van der Waals surface area contributed by atoms with Crippen LogP contribution in [0.1, 0.15) is 18.2 Å². The summed E-state index contributed by atoms with van der Waals surface area (Å²) >= 11 is 1.55. The van der Waals surface area contributed by atoms with E-state index in [0.717, 1.165) is 32.6 Å². The first-order valence-electron chi connectivity index (χ1n) is 6.40. The summed E-state index contributed by atoms with van der Waals surface area (Å²) in [4.78, 5) is 9.88. The largest absolute Gasteiger partial charge is 0.489 e. The van der Waals surface area contributed by atoms with Crippen molar-refractivity contribution in [3.05, 3.63) is 53.9 Å². The molecular weight excluding hydrogens is 268 g/mol. The Labute approximate surface area is 124 Å². The second kappa shape index (κ2) is 6.57.